The molecule has 1 aliphatic carbocycles. The molecule has 242 valence electrons. The molecule has 0 aliphatic heterocycles. The Bertz CT molecular complexity index is 1520. The summed E-state index contributed by atoms with van der Waals surface area (Å²) in [5.41, 5.74) is 2.22. The molecule has 0 heterocycles. The molecule has 0 spiro atoms. The molecular formula is C35H45N3O5S2. The fourth-order valence-electron chi connectivity index (χ4n) is 5.71. The van der Waals surface area contributed by atoms with Gasteiger partial charge in [0.05, 0.1) is 17.2 Å². The standard InChI is InChI=1S/C35H45N3O5S2/c1-5-33(35(40)36-28-14-8-7-9-15-28)37(24-27-13-11-10-12-26(27)3)34(39)25-38(29-16-18-30(19-17-29)43-6-2)45(41,42)32-22-20-31(44-4)21-23-32/h10-13,16-23,28,33H,5-9,14-15,24-25H2,1-4H3,(H,36,40)/t33-/m1/s1. The van der Waals surface area contributed by atoms with E-state index in [0.29, 0.717) is 24.5 Å². The number of anilines is 1. The minimum absolute atomic E-state index is 0.0783. The summed E-state index contributed by atoms with van der Waals surface area (Å²) < 4.78 is 35.1. The molecule has 3 aromatic rings. The molecule has 0 radical (unpaired) electrons. The smallest absolute Gasteiger partial charge is 0.264 e. The van der Waals surface area contributed by atoms with Crippen LogP contribution in [0.1, 0.15) is 63.5 Å². The molecular weight excluding hydrogens is 607 g/mol. The van der Waals surface area contributed by atoms with Crippen LogP contribution >= 0.6 is 11.8 Å². The molecule has 0 aromatic heterocycles. The Kier molecular flexibility index (Phi) is 12.4. The van der Waals surface area contributed by atoms with E-state index in [0.717, 1.165) is 52.4 Å². The van der Waals surface area contributed by atoms with Crippen LogP contribution in [0, 0.1) is 6.92 Å². The molecule has 0 saturated heterocycles. The van der Waals surface area contributed by atoms with Crippen LogP contribution < -0.4 is 14.4 Å². The predicted octanol–water partition coefficient (Wildman–Crippen LogP) is 6.57. The van der Waals surface area contributed by atoms with Crippen molar-refractivity contribution in [2.45, 2.75) is 87.7 Å². The fourth-order valence-corrected chi connectivity index (χ4v) is 7.54. The SMILES string of the molecule is CCOc1ccc(N(CC(=O)N(Cc2ccccc2C)[C@H](CC)C(=O)NC2CCCCC2)S(=O)(=O)c2ccc(SC)cc2)cc1. The number of rotatable bonds is 14. The third kappa shape index (κ3) is 8.82. The largest absolute Gasteiger partial charge is 0.494 e. The van der Waals surface area contributed by atoms with Crippen molar-refractivity contribution in [3.63, 3.8) is 0 Å². The van der Waals surface area contributed by atoms with Crippen LogP contribution in [0.25, 0.3) is 0 Å². The van der Waals surface area contributed by atoms with E-state index in [1.54, 1.807) is 53.4 Å². The summed E-state index contributed by atoms with van der Waals surface area (Å²) in [5, 5.41) is 3.20. The quantitative estimate of drug-likeness (QED) is 0.198. The number of ether oxygens (including phenoxy) is 1. The number of thioether (sulfide) groups is 1. The van der Waals surface area contributed by atoms with E-state index in [1.807, 2.05) is 51.3 Å². The van der Waals surface area contributed by atoms with Gasteiger partial charge in [-0.2, -0.15) is 0 Å². The molecule has 1 atom stereocenters. The Morgan fingerprint density at radius 3 is 2.22 bits per heavy atom. The van der Waals surface area contributed by atoms with E-state index < -0.39 is 28.5 Å². The summed E-state index contributed by atoms with van der Waals surface area (Å²) in [5.74, 6) is -0.0580. The molecule has 1 fully saturated rings. The monoisotopic (exact) mass is 651 g/mol. The van der Waals surface area contributed by atoms with Gasteiger partial charge in [0.2, 0.25) is 11.8 Å². The number of hydrogen-bond donors (Lipinski definition) is 1. The summed E-state index contributed by atoms with van der Waals surface area (Å²) in [4.78, 5) is 30.7. The minimum atomic E-state index is -4.15. The van der Waals surface area contributed by atoms with Crippen LogP contribution in [0.15, 0.2) is 82.6 Å². The summed E-state index contributed by atoms with van der Waals surface area (Å²) in [6, 6.07) is 20.4. The molecule has 1 saturated carbocycles. The molecule has 2 amide bonds. The molecule has 8 nitrogen and oxygen atoms in total. The van der Waals surface area contributed by atoms with E-state index >= 15 is 0 Å². The van der Waals surface area contributed by atoms with Gasteiger partial charge in [-0.15, -0.1) is 11.8 Å². The molecule has 4 rings (SSSR count). The van der Waals surface area contributed by atoms with E-state index in [9.17, 15) is 18.0 Å². The lowest BCUT2D eigenvalue weighted by molar-refractivity contribution is -0.140. The van der Waals surface area contributed by atoms with Crippen LogP contribution in [0.3, 0.4) is 0 Å². The van der Waals surface area contributed by atoms with E-state index in [1.165, 1.54) is 11.8 Å². The second-order valence-electron chi connectivity index (χ2n) is 11.3. The number of carbonyl (C=O) groups is 2. The van der Waals surface area contributed by atoms with Gasteiger partial charge in [-0.3, -0.25) is 13.9 Å². The van der Waals surface area contributed by atoms with Crippen LogP contribution in [0.2, 0.25) is 0 Å². The summed E-state index contributed by atoms with van der Waals surface area (Å²) in [7, 11) is -4.15. The molecule has 0 bridgehead atoms. The van der Waals surface area contributed by atoms with Gasteiger partial charge in [-0.05, 0) is 99.0 Å². The average Bonchev–Trinajstić information content (AvgIpc) is 3.05. The van der Waals surface area contributed by atoms with Crippen molar-refractivity contribution < 1.29 is 22.7 Å². The topological polar surface area (TPSA) is 96.0 Å². The molecule has 0 unspecified atom stereocenters. The molecule has 3 aromatic carbocycles. The van der Waals surface area contributed by atoms with E-state index in [-0.39, 0.29) is 23.4 Å². The second kappa shape index (κ2) is 16.2. The number of sulfonamides is 1. The van der Waals surface area contributed by atoms with Crippen LogP contribution in [-0.4, -0.2) is 56.6 Å². The highest BCUT2D eigenvalue weighted by molar-refractivity contribution is 7.98. The van der Waals surface area contributed by atoms with Crippen molar-refractivity contribution in [3.8, 4) is 5.75 Å². The highest BCUT2D eigenvalue weighted by Crippen LogP contribution is 2.28. The zero-order valence-electron chi connectivity index (χ0n) is 26.7. The van der Waals surface area contributed by atoms with E-state index in [4.69, 9.17) is 4.74 Å². The Morgan fingerprint density at radius 1 is 0.956 bits per heavy atom. The van der Waals surface area contributed by atoms with Crippen LogP contribution in [0.4, 0.5) is 5.69 Å². The third-order valence-electron chi connectivity index (χ3n) is 8.30. The van der Waals surface area contributed by atoms with Gasteiger partial charge in [-0.1, -0.05) is 50.5 Å². The number of amides is 2. The third-order valence-corrected chi connectivity index (χ3v) is 10.8. The number of nitrogens with one attached hydrogen (secondary N) is 1. The first-order valence-corrected chi connectivity index (χ1v) is 18.4. The first-order chi connectivity index (χ1) is 21.7. The zero-order chi connectivity index (χ0) is 32.4. The molecule has 45 heavy (non-hydrogen) atoms. The maximum absolute atomic E-state index is 14.4. The number of hydrogen-bond acceptors (Lipinski definition) is 6. The maximum atomic E-state index is 14.4. The minimum Gasteiger partial charge on any atom is -0.494 e. The van der Waals surface area contributed by atoms with E-state index in [2.05, 4.69) is 5.32 Å². The lowest BCUT2D eigenvalue weighted by Crippen LogP contribution is -2.54. The van der Waals surface area contributed by atoms with Gasteiger partial charge < -0.3 is 15.0 Å². The molecule has 10 heteroatoms. The number of carbonyl (C=O) groups excluding carboxylic acids is 2. The van der Waals surface area contributed by atoms with Gasteiger partial charge >= 0.3 is 0 Å². The van der Waals surface area contributed by atoms with Crippen LogP contribution in [-0.2, 0) is 26.2 Å². The van der Waals surface area contributed by atoms with Gasteiger partial charge in [-0.25, -0.2) is 8.42 Å². The zero-order valence-corrected chi connectivity index (χ0v) is 28.3. The van der Waals surface area contributed by atoms with Crippen molar-refractivity contribution in [2.75, 3.05) is 23.7 Å². The van der Waals surface area contributed by atoms with Crippen molar-refractivity contribution >= 4 is 39.3 Å². The lowest BCUT2D eigenvalue weighted by Gasteiger charge is -2.34. The van der Waals surface area contributed by atoms with Crippen molar-refractivity contribution in [1.29, 1.82) is 0 Å². The van der Waals surface area contributed by atoms with Gasteiger partial charge in [0.1, 0.15) is 18.3 Å². The number of benzene rings is 3. The van der Waals surface area contributed by atoms with Gasteiger partial charge in [0.25, 0.3) is 10.0 Å². The predicted molar refractivity (Wildman–Crippen MR) is 181 cm³/mol. The lowest BCUT2D eigenvalue weighted by atomic mass is 9.95. The first kappa shape index (κ1) is 34.4. The van der Waals surface area contributed by atoms with Crippen molar-refractivity contribution in [1.82, 2.24) is 10.2 Å². The Balaban J connectivity index is 1.72. The summed E-state index contributed by atoms with van der Waals surface area (Å²) >= 11 is 1.52. The maximum Gasteiger partial charge on any atom is 0.264 e. The normalized spacial score (nSPS) is 14.4. The summed E-state index contributed by atoms with van der Waals surface area (Å²) in [6.07, 6.45) is 7.46. The highest BCUT2D eigenvalue weighted by Gasteiger charge is 2.34. The highest BCUT2D eigenvalue weighted by atomic mass is 32.2. The number of nitrogens with zero attached hydrogens (tertiary/aromatic N) is 2. The fraction of sp³-hybridized carbons (Fsp3) is 0.429. The number of aryl methyl sites for hydroxylation is 1. The first-order valence-electron chi connectivity index (χ1n) is 15.7. The Hall–Kier alpha value is -3.50. The average molecular weight is 652 g/mol. The van der Waals surface area contributed by atoms with Gasteiger partial charge in [0.15, 0.2) is 0 Å². The van der Waals surface area contributed by atoms with Gasteiger partial charge in [0, 0.05) is 17.5 Å². The Labute approximate surface area is 272 Å². The summed E-state index contributed by atoms with van der Waals surface area (Å²) in [6.45, 7) is 5.91. The Morgan fingerprint density at radius 2 is 1.62 bits per heavy atom. The van der Waals surface area contributed by atoms with Crippen molar-refractivity contribution in [2.24, 2.45) is 0 Å². The van der Waals surface area contributed by atoms with Crippen molar-refractivity contribution in [3.05, 3.63) is 83.9 Å². The molecule has 1 aliphatic rings. The van der Waals surface area contributed by atoms with Crippen LogP contribution in [0.5, 0.6) is 5.75 Å². The second-order valence-corrected chi connectivity index (χ2v) is 14.1. The molecule has 1 N–H and O–H groups in total.